The number of nitrogens with one attached hydrogen (secondary N) is 1. The molecule has 1 aromatic carbocycles. The molecule has 2 N–H and O–H groups in total. The van der Waals surface area contributed by atoms with E-state index in [-0.39, 0.29) is 11.3 Å². The van der Waals surface area contributed by atoms with Crippen LogP contribution >= 0.6 is 22.9 Å². The topological polar surface area (TPSA) is 61.7 Å². The van der Waals surface area contributed by atoms with Crippen LogP contribution in [0.3, 0.4) is 0 Å². The summed E-state index contributed by atoms with van der Waals surface area (Å²) in [5.41, 5.74) is 2.51. The maximum absolute atomic E-state index is 11.7. The number of amides is 1. The van der Waals surface area contributed by atoms with E-state index in [1.54, 1.807) is 24.3 Å². The molecular formula is C12H9ClN2O2S. The first-order valence-electron chi connectivity index (χ1n) is 5.03. The standard InChI is InChI=1S/C12H9ClN2O2S/c13-11-6-5-8(18-11)7-14-15-12(17)9-3-1-2-4-10(9)16/h1-7,16H,(H,15,17)/b14-7-. The molecule has 4 nitrogen and oxygen atoms in total. The molecule has 92 valence electrons. The second kappa shape index (κ2) is 5.66. The van der Waals surface area contributed by atoms with Crippen LogP contribution in [0, 0.1) is 0 Å². The second-order valence-electron chi connectivity index (χ2n) is 3.36. The predicted molar refractivity (Wildman–Crippen MR) is 72.5 cm³/mol. The zero-order chi connectivity index (χ0) is 13.0. The van der Waals surface area contributed by atoms with Crippen LogP contribution in [-0.2, 0) is 0 Å². The fraction of sp³-hybridized carbons (Fsp3) is 0. The maximum Gasteiger partial charge on any atom is 0.275 e. The zero-order valence-corrected chi connectivity index (χ0v) is 10.7. The SMILES string of the molecule is O=C(N/N=C\c1ccc(Cl)s1)c1ccccc1O. The van der Waals surface area contributed by atoms with Gasteiger partial charge in [0.05, 0.1) is 16.1 Å². The molecule has 0 unspecified atom stereocenters. The number of hydrogen-bond acceptors (Lipinski definition) is 4. The highest BCUT2D eigenvalue weighted by Crippen LogP contribution is 2.19. The number of para-hydroxylation sites is 1. The van der Waals surface area contributed by atoms with Gasteiger partial charge in [-0.05, 0) is 24.3 Å². The van der Waals surface area contributed by atoms with Gasteiger partial charge in [-0.2, -0.15) is 5.10 Å². The predicted octanol–water partition coefficient (Wildman–Crippen LogP) is 2.87. The van der Waals surface area contributed by atoms with Gasteiger partial charge >= 0.3 is 0 Å². The summed E-state index contributed by atoms with van der Waals surface area (Å²) in [6, 6.07) is 9.81. The number of nitrogens with zero attached hydrogens (tertiary/aromatic N) is 1. The fourth-order valence-corrected chi connectivity index (χ4v) is 2.21. The van der Waals surface area contributed by atoms with Crippen molar-refractivity contribution in [3.8, 4) is 5.75 Å². The molecule has 0 aliphatic heterocycles. The number of carbonyl (C=O) groups excluding carboxylic acids is 1. The van der Waals surface area contributed by atoms with Crippen LogP contribution in [0.5, 0.6) is 5.75 Å². The van der Waals surface area contributed by atoms with Crippen molar-refractivity contribution in [2.24, 2.45) is 5.10 Å². The molecule has 0 spiro atoms. The Kier molecular flexibility index (Phi) is 3.96. The average Bonchev–Trinajstić information content (AvgIpc) is 2.75. The number of thiophene rings is 1. The molecule has 18 heavy (non-hydrogen) atoms. The van der Waals surface area contributed by atoms with E-state index in [4.69, 9.17) is 11.6 Å². The third kappa shape index (κ3) is 3.09. The molecule has 0 aliphatic carbocycles. The smallest absolute Gasteiger partial charge is 0.275 e. The van der Waals surface area contributed by atoms with Crippen LogP contribution < -0.4 is 5.43 Å². The lowest BCUT2D eigenvalue weighted by atomic mass is 10.2. The first-order valence-corrected chi connectivity index (χ1v) is 6.23. The summed E-state index contributed by atoms with van der Waals surface area (Å²) < 4.78 is 0.656. The van der Waals surface area contributed by atoms with E-state index in [1.807, 2.05) is 0 Å². The molecule has 1 aromatic heterocycles. The van der Waals surface area contributed by atoms with Gasteiger partial charge in [0.1, 0.15) is 5.75 Å². The van der Waals surface area contributed by atoms with Crippen LogP contribution in [0.1, 0.15) is 15.2 Å². The normalized spacial score (nSPS) is 10.7. The van der Waals surface area contributed by atoms with E-state index in [9.17, 15) is 9.90 Å². The molecule has 0 saturated carbocycles. The van der Waals surface area contributed by atoms with Crippen LogP contribution in [0.25, 0.3) is 0 Å². The molecule has 0 radical (unpaired) electrons. The highest BCUT2D eigenvalue weighted by Gasteiger charge is 2.08. The Morgan fingerprint density at radius 1 is 1.33 bits per heavy atom. The molecule has 0 saturated heterocycles. The highest BCUT2D eigenvalue weighted by molar-refractivity contribution is 7.17. The van der Waals surface area contributed by atoms with E-state index >= 15 is 0 Å². The van der Waals surface area contributed by atoms with Gasteiger partial charge in [0, 0.05) is 4.88 Å². The molecule has 0 fully saturated rings. The average molecular weight is 281 g/mol. The van der Waals surface area contributed by atoms with Crippen molar-refractivity contribution in [1.29, 1.82) is 0 Å². The van der Waals surface area contributed by atoms with E-state index in [0.29, 0.717) is 4.34 Å². The van der Waals surface area contributed by atoms with Crippen LogP contribution in [0.2, 0.25) is 4.34 Å². The number of carbonyl (C=O) groups is 1. The van der Waals surface area contributed by atoms with Crippen molar-refractivity contribution >= 4 is 35.1 Å². The van der Waals surface area contributed by atoms with Gasteiger partial charge in [-0.3, -0.25) is 4.79 Å². The van der Waals surface area contributed by atoms with E-state index < -0.39 is 5.91 Å². The minimum Gasteiger partial charge on any atom is -0.507 e. The number of phenolic OH excluding ortho intramolecular Hbond substituents is 1. The van der Waals surface area contributed by atoms with Gasteiger partial charge < -0.3 is 5.11 Å². The number of aromatic hydroxyl groups is 1. The lowest BCUT2D eigenvalue weighted by Crippen LogP contribution is -2.17. The zero-order valence-electron chi connectivity index (χ0n) is 9.13. The molecular weight excluding hydrogens is 272 g/mol. The summed E-state index contributed by atoms with van der Waals surface area (Å²) in [6.07, 6.45) is 1.49. The number of rotatable bonds is 3. The lowest BCUT2D eigenvalue weighted by Gasteiger charge is -2.01. The molecule has 6 heteroatoms. The largest absolute Gasteiger partial charge is 0.507 e. The number of halogens is 1. The summed E-state index contributed by atoms with van der Waals surface area (Å²) in [5, 5.41) is 13.3. The highest BCUT2D eigenvalue weighted by atomic mass is 35.5. The molecule has 0 atom stereocenters. The first-order chi connectivity index (χ1) is 8.66. The van der Waals surface area contributed by atoms with Gasteiger partial charge in [0.2, 0.25) is 0 Å². The lowest BCUT2D eigenvalue weighted by molar-refractivity contribution is 0.0952. The van der Waals surface area contributed by atoms with Crippen molar-refractivity contribution in [3.63, 3.8) is 0 Å². The Balaban J connectivity index is 2.01. The monoisotopic (exact) mass is 280 g/mol. The number of hydrazone groups is 1. The second-order valence-corrected chi connectivity index (χ2v) is 5.10. The summed E-state index contributed by atoms with van der Waals surface area (Å²) in [7, 11) is 0. The molecule has 1 amide bonds. The molecule has 2 rings (SSSR count). The van der Waals surface area contributed by atoms with Gasteiger partial charge in [-0.15, -0.1) is 11.3 Å². The van der Waals surface area contributed by atoms with E-state index in [1.165, 1.54) is 29.7 Å². The first kappa shape index (κ1) is 12.6. The van der Waals surface area contributed by atoms with Gasteiger partial charge in [-0.25, -0.2) is 5.43 Å². The van der Waals surface area contributed by atoms with Crippen molar-refractivity contribution in [3.05, 3.63) is 51.2 Å². The summed E-state index contributed by atoms with van der Waals surface area (Å²) in [4.78, 5) is 12.5. The summed E-state index contributed by atoms with van der Waals surface area (Å²) >= 11 is 7.11. The van der Waals surface area contributed by atoms with Crippen molar-refractivity contribution in [1.82, 2.24) is 5.43 Å². The Hall–Kier alpha value is -1.85. The number of hydrogen-bond donors (Lipinski definition) is 2. The van der Waals surface area contributed by atoms with Crippen molar-refractivity contribution in [2.45, 2.75) is 0 Å². The minimum absolute atomic E-state index is 0.0793. The quantitative estimate of drug-likeness (QED) is 0.671. The van der Waals surface area contributed by atoms with Crippen LogP contribution in [-0.4, -0.2) is 17.2 Å². The summed E-state index contributed by atoms with van der Waals surface area (Å²) in [6.45, 7) is 0. The number of benzene rings is 1. The van der Waals surface area contributed by atoms with E-state index in [0.717, 1.165) is 4.88 Å². The summed E-state index contributed by atoms with van der Waals surface area (Å²) in [5.74, 6) is -0.545. The van der Waals surface area contributed by atoms with Gasteiger partial charge in [0.15, 0.2) is 0 Å². The van der Waals surface area contributed by atoms with Gasteiger partial charge in [-0.1, -0.05) is 23.7 Å². The Morgan fingerprint density at radius 3 is 2.78 bits per heavy atom. The maximum atomic E-state index is 11.7. The van der Waals surface area contributed by atoms with Crippen molar-refractivity contribution < 1.29 is 9.90 Å². The van der Waals surface area contributed by atoms with E-state index in [2.05, 4.69) is 10.5 Å². The Labute approximate surface area is 113 Å². The molecule has 1 heterocycles. The number of phenols is 1. The Bertz CT molecular complexity index is 595. The molecule has 2 aromatic rings. The fourth-order valence-electron chi connectivity index (χ4n) is 1.28. The van der Waals surface area contributed by atoms with Crippen LogP contribution in [0.15, 0.2) is 41.5 Å². The Morgan fingerprint density at radius 2 is 2.11 bits per heavy atom. The molecule has 0 bridgehead atoms. The molecule has 0 aliphatic rings. The third-order valence-electron chi connectivity index (χ3n) is 2.10. The third-order valence-corrected chi connectivity index (χ3v) is 3.27. The van der Waals surface area contributed by atoms with Crippen LogP contribution in [0.4, 0.5) is 0 Å². The van der Waals surface area contributed by atoms with Gasteiger partial charge in [0.25, 0.3) is 5.91 Å². The minimum atomic E-state index is -0.466. The van der Waals surface area contributed by atoms with Crippen molar-refractivity contribution in [2.75, 3.05) is 0 Å².